The number of nitrogens with zero attached hydrogens (tertiary/aromatic N) is 4. The minimum atomic E-state index is 0.0470. The maximum Gasteiger partial charge on any atom is 0.270 e. The van der Waals surface area contributed by atoms with Gasteiger partial charge in [-0.25, -0.2) is 4.98 Å². The standard InChI is InChI=1S/C22H25N5O2S/c1-25(12-18-13-30-14-24-18)10-16-4-5-20-17-7-15(9-27(20)21(16)28)8-26(11-17)22(29)19-3-2-6-23-19/h2-6,13-15,17,23H,7-12H2,1H3/t15-,17+/m0/s1. The van der Waals surface area contributed by atoms with Crippen LogP contribution < -0.4 is 5.56 Å². The van der Waals surface area contributed by atoms with Gasteiger partial charge in [-0.1, -0.05) is 6.07 Å². The summed E-state index contributed by atoms with van der Waals surface area (Å²) in [5.41, 5.74) is 5.48. The molecule has 7 nitrogen and oxygen atoms in total. The molecule has 1 amide bonds. The van der Waals surface area contributed by atoms with Gasteiger partial charge in [0, 0.05) is 61.5 Å². The van der Waals surface area contributed by atoms with Crippen molar-refractivity contribution in [2.75, 3.05) is 20.1 Å². The topological polar surface area (TPSA) is 74.2 Å². The summed E-state index contributed by atoms with van der Waals surface area (Å²) < 4.78 is 1.96. The van der Waals surface area contributed by atoms with Gasteiger partial charge in [0.05, 0.1) is 11.2 Å². The molecule has 2 aliphatic heterocycles. The van der Waals surface area contributed by atoms with Crippen LogP contribution in [0.3, 0.4) is 0 Å². The molecule has 3 aromatic rings. The molecule has 0 unspecified atom stereocenters. The van der Waals surface area contributed by atoms with E-state index in [1.165, 1.54) is 0 Å². The van der Waals surface area contributed by atoms with Crippen LogP contribution in [0.1, 0.15) is 39.8 Å². The lowest BCUT2D eigenvalue weighted by molar-refractivity contribution is 0.0589. The highest BCUT2D eigenvalue weighted by atomic mass is 32.1. The molecule has 1 N–H and O–H groups in total. The number of hydrogen-bond donors (Lipinski definition) is 1. The third kappa shape index (κ3) is 3.61. The van der Waals surface area contributed by atoms with Gasteiger partial charge in [0.15, 0.2) is 0 Å². The van der Waals surface area contributed by atoms with E-state index in [0.717, 1.165) is 29.9 Å². The Balaban J connectivity index is 1.34. The lowest BCUT2D eigenvalue weighted by Gasteiger charge is -2.42. The number of likely N-dealkylation sites (tertiary alicyclic amines) is 1. The van der Waals surface area contributed by atoms with Crippen molar-refractivity contribution in [3.63, 3.8) is 0 Å². The molecule has 3 aromatic heterocycles. The molecule has 2 aliphatic rings. The van der Waals surface area contributed by atoms with Crippen molar-refractivity contribution in [3.8, 4) is 0 Å². The molecule has 1 saturated heterocycles. The van der Waals surface area contributed by atoms with Gasteiger partial charge in [0.1, 0.15) is 5.69 Å². The van der Waals surface area contributed by atoms with Crippen molar-refractivity contribution in [1.82, 2.24) is 24.3 Å². The lowest BCUT2D eigenvalue weighted by atomic mass is 9.83. The number of hydrogen-bond acceptors (Lipinski definition) is 5. The average molecular weight is 424 g/mol. The Hall–Kier alpha value is -2.71. The van der Waals surface area contributed by atoms with Crippen molar-refractivity contribution in [1.29, 1.82) is 0 Å². The predicted molar refractivity (Wildman–Crippen MR) is 116 cm³/mol. The number of carbonyl (C=O) groups is 1. The number of thiazole rings is 1. The Labute approximate surface area is 179 Å². The first-order valence-corrected chi connectivity index (χ1v) is 11.2. The van der Waals surface area contributed by atoms with E-state index < -0.39 is 0 Å². The van der Waals surface area contributed by atoms with Crippen LogP contribution >= 0.6 is 11.3 Å². The van der Waals surface area contributed by atoms with Crippen molar-refractivity contribution in [2.45, 2.75) is 32.0 Å². The highest BCUT2D eigenvalue weighted by Crippen LogP contribution is 2.35. The molecule has 0 aliphatic carbocycles. The van der Waals surface area contributed by atoms with Crippen LogP contribution in [-0.4, -0.2) is 50.4 Å². The number of H-pyrrole nitrogens is 1. The number of amides is 1. The Bertz CT molecular complexity index is 1090. The fourth-order valence-electron chi connectivity index (χ4n) is 4.85. The van der Waals surface area contributed by atoms with Gasteiger partial charge in [-0.3, -0.25) is 14.5 Å². The zero-order chi connectivity index (χ0) is 20.7. The van der Waals surface area contributed by atoms with E-state index in [1.807, 2.05) is 45.6 Å². The average Bonchev–Trinajstić information content (AvgIpc) is 3.44. The molecule has 156 valence electrons. The number of pyridine rings is 1. The van der Waals surface area contributed by atoms with Crippen LogP contribution in [0.2, 0.25) is 0 Å². The smallest absolute Gasteiger partial charge is 0.270 e. The number of rotatable bonds is 5. The summed E-state index contributed by atoms with van der Waals surface area (Å²) in [6.45, 7) is 3.38. The molecule has 5 heterocycles. The maximum atomic E-state index is 13.2. The van der Waals surface area contributed by atoms with Gasteiger partial charge in [0.2, 0.25) is 0 Å². The van der Waals surface area contributed by atoms with E-state index in [1.54, 1.807) is 17.5 Å². The molecule has 2 bridgehead atoms. The second-order valence-electron chi connectivity index (χ2n) is 8.44. The largest absolute Gasteiger partial charge is 0.357 e. The SMILES string of the molecule is CN(Cc1cscn1)Cc1ccc2n(c1=O)C[C@H]1C[C@@H]2CN(C(=O)c2ccc[nH]2)C1. The first kappa shape index (κ1) is 19.3. The van der Waals surface area contributed by atoms with Crippen LogP contribution in [-0.2, 0) is 19.6 Å². The van der Waals surface area contributed by atoms with E-state index in [-0.39, 0.29) is 17.4 Å². The lowest BCUT2D eigenvalue weighted by Crippen LogP contribution is -2.49. The van der Waals surface area contributed by atoms with Crippen molar-refractivity contribution >= 4 is 17.2 Å². The normalized spacial score (nSPS) is 20.4. The number of aromatic nitrogens is 3. The fourth-order valence-corrected chi connectivity index (χ4v) is 5.40. The van der Waals surface area contributed by atoms with Gasteiger partial charge in [-0.15, -0.1) is 11.3 Å². The summed E-state index contributed by atoms with van der Waals surface area (Å²) in [6, 6.07) is 7.73. The van der Waals surface area contributed by atoms with E-state index in [2.05, 4.69) is 20.9 Å². The number of piperidine rings is 1. The van der Waals surface area contributed by atoms with Gasteiger partial charge in [-0.05, 0) is 37.6 Å². The van der Waals surface area contributed by atoms with E-state index >= 15 is 0 Å². The number of fused-ring (bicyclic) bond motifs is 4. The second-order valence-corrected chi connectivity index (χ2v) is 9.16. The van der Waals surface area contributed by atoms with Crippen molar-refractivity contribution in [2.24, 2.45) is 5.92 Å². The summed E-state index contributed by atoms with van der Waals surface area (Å²) >= 11 is 1.59. The first-order chi connectivity index (χ1) is 14.6. The molecule has 2 atom stereocenters. The molecule has 30 heavy (non-hydrogen) atoms. The second kappa shape index (κ2) is 7.85. The monoisotopic (exact) mass is 423 g/mol. The Morgan fingerprint density at radius 3 is 2.93 bits per heavy atom. The molecule has 0 spiro atoms. The third-order valence-electron chi connectivity index (χ3n) is 6.15. The summed E-state index contributed by atoms with van der Waals surface area (Å²) in [7, 11) is 2.02. The van der Waals surface area contributed by atoms with Gasteiger partial charge in [0.25, 0.3) is 11.5 Å². The maximum absolute atomic E-state index is 13.2. The Morgan fingerprint density at radius 2 is 2.17 bits per heavy atom. The van der Waals surface area contributed by atoms with E-state index in [0.29, 0.717) is 37.8 Å². The predicted octanol–water partition coefficient (Wildman–Crippen LogP) is 2.52. The number of carbonyl (C=O) groups excluding carboxylic acids is 1. The highest BCUT2D eigenvalue weighted by Gasteiger charge is 2.37. The van der Waals surface area contributed by atoms with E-state index in [9.17, 15) is 9.59 Å². The fraction of sp³-hybridized carbons (Fsp3) is 0.409. The molecule has 0 aromatic carbocycles. The minimum Gasteiger partial charge on any atom is -0.357 e. The minimum absolute atomic E-state index is 0.0470. The molecular weight excluding hydrogens is 398 g/mol. The third-order valence-corrected chi connectivity index (χ3v) is 6.79. The van der Waals surface area contributed by atoms with E-state index in [4.69, 9.17) is 0 Å². The molecular formula is C22H25N5O2S. The highest BCUT2D eigenvalue weighted by molar-refractivity contribution is 7.07. The van der Waals surface area contributed by atoms with Gasteiger partial charge < -0.3 is 14.5 Å². The molecule has 0 radical (unpaired) electrons. The molecule has 5 rings (SSSR count). The number of aromatic amines is 1. The van der Waals surface area contributed by atoms with Crippen LogP contribution in [0, 0.1) is 5.92 Å². The van der Waals surface area contributed by atoms with Crippen molar-refractivity contribution in [3.05, 3.63) is 74.4 Å². The Morgan fingerprint density at radius 1 is 1.27 bits per heavy atom. The summed E-state index contributed by atoms with van der Waals surface area (Å²) in [4.78, 5) is 37.4. The van der Waals surface area contributed by atoms with Crippen LogP contribution in [0.15, 0.2) is 46.1 Å². The summed E-state index contributed by atoms with van der Waals surface area (Å²) in [5.74, 6) is 0.576. The van der Waals surface area contributed by atoms with Gasteiger partial charge >= 0.3 is 0 Å². The summed E-state index contributed by atoms with van der Waals surface area (Å²) in [6.07, 6.45) is 2.82. The molecule has 0 saturated carbocycles. The van der Waals surface area contributed by atoms with Crippen molar-refractivity contribution < 1.29 is 4.79 Å². The zero-order valence-electron chi connectivity index (χ0n) is 17.0. The quantitative estimate of drug-likeness (QED) is 0.684. The first-order valence-electron chi connectivity index (χ1n) is 10.3. The van der Waals surface area contributed by atoms with Crippen LogP contribution in [0.25, 0.3) is 0 Å². The van der Waals surface area contributed by atoms with Crippen LogP contribution in [0.5, 0.6) is 0 Å². The van der Waals surface area contributed by atoms with Crippen LogP contribution in [0.4, 0.5) is 0 Å². The summed E-state index contributed by atoms with van der Waals surface area (Å²) in [5, 5.41) is 2.04. The van der Waals surface area contributed by atoms with Gasteiger partial charge in [-0.2, -0.15) is 0 Å². The molecule has 1 fully saturated rings. The molecule has 8 heteroatoms. The zero-order valence-corrected chi connectivity index (χ0v) is 17.8. The Kier molecular flexibility index (Phi) is 5.04. The number of nitrogens with one attached hydrogen (secondary N) is 1.